The summed E-state index contributed by atoms with van der Waals surface area (Å²) in [6.45, 7) is 3.05. The highest BCUT2D eigenvalue weighted by Crippen LogP contribution is 2.26. The van der Waals surface area contributed by atoms with E-state index < -0.39 is 0 Å². The summed E-state index contributed by atoms with van der Waals surface area (Å²) < 4.78 is 13.8. The molecule has 1 fully saturated rings. The fourth-order valence-electron chi connectivity index (χ4n) is 2.62. The van der Waals surface area contributed by atoms with E-state index in [0.717, 1.165) is 19.4 Å². The number of halogens is 1. The number of piperidine rings is 1. The van der Waals surface area contributed by atoms with E-state index >= 15 is 0 Å². The highest BCUT2D eigenvalue weighted by atomic mass is 32.1. The van der Waals surface area contributed by atoms with E-state index in [9.17, 15) is 9.18 Å². The van der Waals surface area contributed by atoms with E-state index in [-0.39, 0.29) is 23.8 Å². The smallest absolute Gasteiger partial charge is 0.271 e. The molecular weight excluding hydrogens is 301 g/mol. The normalized spacial score (nSPS) is 21.5. The molecule has 1 amide bonds. The Labute approximate surface area is 132 Å². The van der Waals surface area contributed by atoms with Crippen LogP contribution in [0, 0.1) is 5.82 Å². The fraction of sp³-hybridized carbons (Fsp3) is 0.375. The second-order valence-electron chi connectivity index (χ2n) is 5.48. The van der Waals surface area contributed by atoms with E-state index in [1.807, 2.05) is 0 Å². The first-order chi connectivity index (χ1) is 10.6. The van der Waals surface area contributed by atoms with Gasteiger partial charge in [-0.3, -0.25) is 4.79 Å². The van der Waals surface area contributed by atoms with E-state index in [2.05, 4.69) is 22.5 Å². The minimum absolute atomic E-state index is 0.111. The zero-order chi connectivity index (χ0) is 15.5. The van der Waals surface area contributed by atoms with Crippen LogP contribution in [0.5, 0.6) is 0 Å². The number of hydrogen-bond acceptors (Lipinski definition) is 4. The minimum Gasteiger partial charge on any atom is -0.346 e. The maximum absolute atomic E-state index is 13.8. The van der Waals surface area contributed by atoms with E-state index in [0.29, 0.717) is 16.3 Å². The highest BCUT2D eigenvalue weighted by Gasteiger charge is 2.24. The molecule has 22 heavy (non-hydrogen) atoms. The average Bonchev–Trinajstić information content (AvgIpc) is 3.00. The second kappa shape index (κ2) is 6.54. The van der Waals surface area contributed by atoms with Gasteiger partial charge in [-0.05, 0) is 38.4 Å². The van der Waals surface area contributed by atoms with E-state index in [1.54, 1.807) is 23.6 Å². The minimum atomic E-state index is -0.325. The molecular formula is C16H18FN3OS. The third-order valence-corrected chi connectivity index (χ3v) is 4.79. The number of carbonyl (C=O) groups excluding carboxylic acids is 1. The Kier molecular flexibility index (Phi) is 4.49. The zero-order valence-corrected chi connectivity index (χ0v) is 13.1. The quantitative estimate of drug-likeness (QED) is 0.915. The Hall–Kier alpha value is -1.79. The molecule has 0 aliphatic carbocycles. The number of nitrogens with zero attached hydrogens (tertiary/aromatic N) is 1. The average molecular weight is 319 g/mol. The molecule has 2 heterocycles. The van der Waals surface area contributed by atoms with Gasteiger partial charge in [0.2, 0.25) is 0 Å². The van der Waals surface area contributed by atoms with Gasteiger partial charge < -0.3 is 10.6 Å². The third-order valence-electron chi connectivity index (χ3n) is 3.92. The molecule has 1 saturated heterocycles. The van der Waals surface area contributed by atoms with Gasteiger partial charge >= 0.3 is 0 Å². The summed E-state index contributed by atoms with van der Waals surface area (Å²) >= 11 is 1.28. The van der Waals surface area contributed by atoms with Gasteiger partial charge in [-0.15, -0.1) is 11.3 Å². The van der Waals surface area contributed by atoms with Crippen molar-refractivity contribution in [2.75, 3.05) is 6.54 Å². The summed E-state index contributed by atoms with van der Waals surface area (Å²) in [5, 5.41) is 8.56. The molecule has 2 unspecified atom stereocenters. The van der Waals surface area contributed by atoms with Gasteiger partial charge in [-0.2, -0.15) is 0 Å². The molecule has 2 atom stereocenters. The first kappa shape index (κ1) is 15.1. The van der Waals surface area contributed by atoms with Crippen LogP contribution in [0.15, 0.2) is 29.6 Å². The predicted molar refractivity (Wildman–Crippen MR) is 85.5 cm³/mol. The van der Waals surface area contributed by atoms with Crippen molar-refractivity contribution in [2.45, 2.75) is 31.8 Å². The van der Waals surface area contributed by atoms with Crippen LogP contribution in [0.3, 0.4) is 0 Å². The van der Waals surface area contributed by atoms with Crippen LogP contribution in [0.25, 0.3) is 10.6 Å². The molecule has 0 radical (unpaired) electrons. The van der Waals surface area contributed by atoms with Crippen molar-refractivity contribution >= 4 is 17.2 Å². The van der Waals surface area contributed by atoms with Crippen LogP contribution in [0.1, 0.15) is 30.3 Å². The Morgan fingerprint density at radius 2 is 2.27 bits per heavy atom. The molecule has 116 valence electrons. The topological polar surface area (TPSA) is 54.0 Å². The number of aromatic nitrogens is 1. The van der Waals surface area contributed by atoms with Gasteiger partial charge in [-0.1, -0.05) is 12.1 Å². The van der Waals surface area contributed by atoms with Gasteiger partial charge in [-0.25, -0.2) is 9.37 Å². The predicted octanol–water partition coefficient (Wildman–Crippen LogP) is 2.82. The van der Waals surface area contributed by atoms with Crippen molar-refractivity contribution in [3.8, 4) is 10.6 Å². The van der Waals surface area contributed by atoms with Crippen molar-refractivity contribution in [1.82, 2.24) is 15.6 Å². The largest absolute Gasteiger partial charge is 0.346 e. The molecule has 2 N–H and O–H groups in total. The number of amides is 1. The van der Waals surface area contributed by atoms with Gasteiger partial charge in [0.25, 0.3) is 5.91 Å². The number of rotatable bonds is 3. The molecule has 6 heteroatoms. The molecule has 4 nitrogen and oxygen atoms in total. The van der Waals surface area contributed by atoms with Crippen molar-refractivity contribution < 1.29 is 9.18 Å². The lowest BCUT2D eigenvalue weighted by Gasteiger charge is -2.30. The lowest BCUT2D eigenvalue weighted by atomic mass is 10.00. The first-order valence-electron chi connectivity index (χ1n) is 7.40. The summed E-state index contributed by atoms with van der Waals surface area (Å²) in [4.78, 5) is 16.6. The van der Waals surface area contributed by atoms with Crippen LogP contribution in [-0.4, -0.2) is 29.5 Å². The molecule has 3 rings (SSSR count). The van der Waals surface area contributed by atoms with Crippen LogP contribution in [0.2, 0.25) is 0 Å². The van der Waals surface area contributed by atoms with Gasteiger partial charge in [0.15, 0.2) is 0 Å². The van der Waals surface area contributed by atoms with Crippen LogP contribution < -0.4 is 10.6 Å². The highest BCUT2D eigenvalue weighted by molar-refractivity contribution is 7.13. The number of nitrogens with one attached hydrogen (secondary N) is 2. The van der Waals surface area contributed by atoms with Gasteiger partial charge in [0, 0.05) is 23.0 Å². The summed E-state index contributed by atoms with van der Waals surface area (Å²) in [7, 11) is 0. The molecule has 1 aliphatic heterocycles. The molecule has 0 spiro atoms. The standard InChI is InChI=1S/C16H18FN3OS/c1-10-13(7-4-8-18-10)19-15(21)14-9-22-16(20-14)11-5-2-3-6-12(11)17/h2-3,5-6,9-10,13,18H,4,7-8H2,1H3,(H,19,21). The fourth-order valence-corrected chi connectivity index (χ4v) is 3.45. The Bertz CT molecular complexity index is 673. The zero-order valence-electron chi connectivity index (χ0n) is 12.3. The number of benzene rings is 1. The van der Waals surface area contributed by atoms with Crippen molar-refractivity contribution in [2.24, 2.45) is 0 Å². The van der Waals surface area contributed by atoms with Crippen LogP contribution in [-0.2, 0) is 0 Å². The SMILES string of the molecule is CC1NCCCC1NC(=O)c1csc(-c2ccccc2F)n1. The summed E-state index contributed by atoms with van der Waals surface area (Å²) in [6, 6.07) is 6.82. The summed E-state index contributed by atoms with van der Waals surface area (Å²) in [5.41, 5.74) is 0.778. The summed E-state index contributed by atoms with van der Waals surface area (Å²) in [5.74, 6) is -0.520. The van der Waals surface area contributed by atoms with Crippen molar-refractivity contribution in [1.29, 1.82) is 0 Å². The van der Waals surface area contributed by atoms with E-state index in [1.165, 1.54) is 17.4 Å². The lowest BCUT2D eigenvalue weighted by Crippen LogP contribution is -2.51. The van der Waals surface area contributed by atoms with Crippen LogP contribution >= 0.6 is 11.3 Å². The first-order valence-corrected chi connectivity index (χ1v) is 8.28. The maximum atomic E-state index is 13.8. The van der Waals surface area contributed by atoms with E-state index in [4.69, 9.17) is 0 Å². The second-order valence-corrected chi connectivity index (χ2v) is 6.34. The third kappa shape index (κ3) is 3.18. The molecule has 1 aromatic carbocycles. The maximum Gasteiger partial charge on any atom is 0.271 e. The molecule has 0 saturated carbocycles. The lowest BCUT2D eigenvalue weighted by molar-refractivity contribution is 0.0915. The monoisotopic (exact) mass is 319 g/mol. The van der Waals surface area contributed by atoms with Crippen molar-refractivity contribution in [3.05, 3.63) is 41.2 Å². The van der Waals surface area contributed by atoms with Crippen molar-refractivity contribution in [3.63, 3.8) is 0 Å². The number of carbonyl (C=O) groups is 1. The van der Waals surface area contributed by atoms with Gasteiger partial charge in [0.05, 0.1) is 0 Å². The molecule has 1 aliphatic rings. The molecule has 1 aromatic heterocycles. The molecule has 0 bridgehead atoms. The number of hydrogen-bond donors (Lipinski definition) is 2. The Balaban J connectivity index is 1.73. The molecule has 2 aromatic rings. The summed E-state index contributed by atoms with van der Waals surface area (Å²) in [6.07, 6.45) is 2.01. The van der Waals surface area contributed by atoms with Gasteiger partial charge in [0.1, 0.15) is 16.5 Å². The Morgan fingerprint density at radius 1 is 1.45 bits per heavy atom. The Morgan fingerprint density at radius 3 is 3.05 bits per heavy atom. The number of thiazole rings is 1. The van der Waals surface area contributed by atoms with Crippen LogP contribution in [0.4, 0.5) is 4.39 Å².